The standard InChI is InChI=1S/C14H17F6N5O3/c1-27-25-10-6-9(13(15,16)17)22-11(23-10)24-12(26)21-7-2-4-8(5-3-7)28-14(18,19)20/h2-5,9-11,22-23,25H,6H2,1H3,(H2,21,24,26). The van der Waals surface area contributed by atoms with Gasteiger partial charge in [0.05, 0.1) is 13.3 Å². The molecule has 14 heteroatoms. The summed E-state index contributed by atoms with van der Waals surface area (Å²) in [5.41, 5.74) is 2.43. The number of hydrogen-bond donors (Lipinski definition) is 5. The quantitative estimate of drug-likeness (QED) is 0.372. The van der Waals surface area contributed by atoms with E-state index in [1.54, 1.807) is 0 Å². The number of carbonyl (C=O) groups is 1. The average Bonchev–Trinajstić information content (AvgIpc) is 2.54. The molecule has 1 fully saturated rings. The maximum atomic E-state index is 13.0. The van der Waals surface area contributed by atoms with Crippen LogP contribution in [0.25, 0.3) is 0 Å². The van der Waals surface area contributed by atoms with Crippen molar-refractivity contribution in [1.29, 1.82) is 0 Å². The Labute approximate surface area is 154 Å². The molecule has 5 N–H and O–H groups in total. The Kier molecular flexibility index (Phi) is 6.92. The molecule has 1 heterocycles. The van der Waals surface area contributed by atoms with Crippen molar-refractivity contribution in [2.75, 3.05) is 12.4 Å². The second-order valence-electron chi connectivity index (χ2n) is 5.64. The summed E-state index contributed by atoms with van der Waals surface area (Å²) in [6.45, 7) is 0. The predicted octanol–water partition coefficient (Wildman–Crippen LogP) is 1.98. The molecule has 2 rings (SSSR count). The second kappa shape index (κ2) is 8.81. The second-order valence-corrected chi connectivity index (χ2v) is 5.64. The van der Waals surface area contributed by atoms with Gasteiger partial charge in [0.2, 0.25) is 0 Å². The number of nitrogens with one attached hydrogen (secondary N) is 5. The number of hydrogen-bond acceptors (Lipinski definition) is 6. The van der Waals surface area contributed by atoms with E-state index in [2.05, 4.69) is 36.3 Å². The minimum absolute atomic E-state index is 0.0989. The molecule has 1 saturated heterocycles. The highest BCUT2D eigenvalue weighted by molar-refractivity contribution is 5.89. The van der Waals surface area contributed by atoms with Crippen molar-refractivity contribution in [1.82, 2.24) is 21.4 Å². The molecule has 1 aromatic carbocycles. The molecule has 0 spiro atoms. The number of hydroxylamine groups is 1. The zero-order chi connectivity index (χ0) is 20.9. The third kappa shape index (κ3) is 7.03. The number of urea groups is 1. The topological polar surface area (TPSA) is 95.7 Å². The van der Waals surface area contributed by atoms with Crippen LogP contribution in [0.4, 0.5) is 36.8 Å². The van der Waals surface area contributed by atoms with Gasteiger partial charge in [0.15, 0.2) is 0 Å². The first-order valence-corrected chi connectivity index (χ1v) is 7.77. The molecule has 1 aromatic rings. The average molecular weight is 417 g/mol. The third-order valence-electron chi connectivity index (χ3n) is 3.48. The number of amides is 2. The van der Waals surface area contributed by atoms with E-state index in [1.165, 1.54) is 7.11 Å². The zero-order valence-corrected chi connectivity index (χ0v) is 14.2. The number of ether oxygens (including phenoxy) is 1. The van der Waals surface area contributed by atoms with E-state index >= 15 is 0 Å². The molecule has 28 heavy (non-hydrogen) atoms. The van der Waals surface area contributed by atoms with E-state index in [0.29, 0.717) is 0 Å². The van der Waals surface area contributed by atoms with Crippen molar-refractivity contribution in [2.45, 2.75) is 37.5 Å². The van der Waals surface area contributed by atoms with Gasteiger partial charge in [-0.3, -0.25) is 10.6 Å². The van der Waals surface area contributed by atoms with E-state index in [-0.39, 0.29) is 5.69 Å². The van der Waals surface area contributed by atoms with Crippen molar-refractivity contribution in [2.24, 2.45) is 0 Å². The number of rotatable bonds is 5. The summed E-state index contributed by atoms with van der Waals surface area (Å²) in [5.74, 6) is -0.490. The van der Waals surface area contributed by atoms with Crippen molar-refractivity contribution in [3.8, 4) is 5.75 Å². The van der Waals surface area contributed by atoms with Gasteiger partial charge in [0.1, 0.15) is 18.1 Å². The van der Waals surface area contributed by atoms with Gasteiger partial charge in [0.25, 0.3) is 0 Å². The van der Waals surface area contributed by atoms with E-state index in [9.17, 15) is 31.1 Å². The fourth-order valence-electron chi connectivity index (χ4n) is 2.40. The molecule has 0 saturated carbocycles. The number of carbonyl (C=O) groups excluding carboxylic acids is 1. The Balaban J connectivity index is 1.93. The van der Waals surface area contributed by atoms with Gasteiger partial charge in [0, 0.05) is 12.1 Å². The molecule has 8 nitrogen and oxygen atoms in total. The molecular weight excluding hydrogens is 400 g/mol. The van der Waals surface area contributed by atoms with E-state index in [4.69, 9.17) is 0 Å². The van der Waals surface area contributed by atoms with E-state index in [0.717, 1.165) is 24.3 Å². The van der Waals surface area contributed by atoms with E-state index in [1.807, 2.05) is 0 Å². The fraction of sp³-hybridized carbons (Fsp3) is 0.500. The van der Waals surface area contributed by atoms with Crippen molar-refractivity contribution < 1.29 is 40.7 Å². The highest BCUT2D eigenvalue weighted by Gasteiger charge is 2.45. The molecule has 0 aromatic heterocycles. The summed E-state index contributed by atoms with van der Waals surface area (Å²) in [5, 5.41) is 9.34. The number of halogens is 6. The van der Waals surface area contributed by atoms with Gasteiger partial charge in [-0.2, -0.15) is 18.7 Å². The molecule has 0 radical (unpaired) electrons. The molecule has 3 atom stereocenters. The van der Waals surface area contributed by atoms with Crippen LogP contribution in [0.15, 0.2) is 24.3 Å². The smallest absolute Gasteiger partial charge is 0.406 e. The van der Waals surface area contributed by atoms with Crippen LogP contribution in [0.5, 0.6) is 5.75 Å². The highest BCUT2D eigenvalue weighted by Crippen LogP contribution is 2.25. The lowest BCUT2D eigenvalue weighted by Crippen LogP contribution is -2.70. The summed E-state index contributed by atoms with van der Waals surface area (Å²) in [6, 6.07) is 1.41. The summed E-state index contributed by atoms with van der Waals surface area (Å²) >= 11 is 0. The van der Waals surface area contributed by atoms with Crippen LogP contribution >= 0.6 is 0 Å². The Bertz CT molecular complexity index is 654. The zero-order valence-electron chi connectivity index (χ0n) is 14.2. The number of anilines is 1. The molecule has 0 aliphatic carbocycles. The van der Waals surface area contributed by atoms with Gasteiger partial charge in [-0.15, -0.1) is 13.2 Å². The molecular formula is C14H17F6N5O3. The van der Waals surface area contributed by atoms with Crippen LogP contribution in [-0.4, -0.2) is 44.2 Å². The van der Waals surface area contributed by atoms with Crippen LogP contribution in [0, 0.1) is 0 Å². The van der Waals surface area contributed by atoms with Gasteiger partial charge in [-0.1, -0.05) is 0 Å². The first kappa shape index (κ1) is 22.0. The summed E-state index contributed by atoms with van der Waals surface area (Å²) in [6.07, 6.45) is -12.0. The lowest BCUT2D eigenvalue weighted by molar-refractivity contribution is -0.274. The Hall–Kier alpha value is -2.29. The van der Waals surface area contributed by atoms with Crippen molar-refractivity contribution in [3.05, 3.63) is 24.3 Å². The maximum absolute atomic E-state index is 13.0. The Morgan fingerprint density at radius 1 is 1.11 bits per heavy atom. The van der Waals surface area contributed by atoms with Crippen LogP contribution in [0.2, 0.25) is 0 Å². The molecule has 158 valence electrons. The van der Waals surface area contributed by atoms with Crippen LogP contribution in [-0.2, 0) is 4.84 Å². The molecule has 2 amide bonds. The molecule has 1 aliphatic rings. The predicted molar refractivity (Wildman–Crippen MR) is 83.7 cm³/mol. The highest BCUT2D eigenvalue weighted by atomic mass is 19.4. The number of benzene rings is 1. The largest absolute Gasteiger partial charge is 0.573 e. The fourth-order valence-corrected chi connectivity index (χ4v) is 2.40. The van der Waals surface area contributed by atoms with Crippen LogP contribution < -0.4 is 31.5 Å². The summed E-state index contributed by atoms with van der Waals surface area (Å²) in [4.78, 5) is 16.6. The SMILES string of the molecule is CONC1CC(C(F)(F)F)NC(NC(=O)Nc2ccc(OC(F)(F)F)cc2)N1. The normalized spacial score (nSPS) is 23.2. The van der Waals surface area contributed by atoms with Gasteiger partial charge < -0.3 is 20.2 Å². The minimum Gasteiger partial charge on any atom is -0.406 e. The first-order valence-electron chi connectivity index (χ1n) is 7.77. The Morgan fingerprint density at radius 2 is 1.75 bits per heavy atom. The number of alkyl halides is 6. The Morgan fingerprint density at radius 3 is 2.29 bits per heavy atom. The van der Waals surface area contributed by atoms with Crippen LogP contribution in [0.1, 0.15) is 6.42 Å². The van der Waals surface area contributed by atoms with E-state index < -0.39 is 49.2 Å². The molecule has 3 unspecified atom stereocenters. The monoisotopic (exact) mass is 417 g/mol. The molecule has 1 aliphatic heterocycles. The van der Waals surface area contributed by atoms with Crippen molar-refractivity contribution >= 4 is 11.7 Å². The summed E-state index contributed by atoms with van der Waals surface area (Å²) in [7, 11) is 1.23. The summed E-state index contributed by atoms with van der Waals surface area (Å²) < 4.78 is 79.0. The third-order valence-corrected chi connectivity index (χ3v) is 3.48. The molecule has 0 bridgehead atoms. The first-order chi connectivity index (χ1) is 13.0. The van der Waals surface area contributed by atoms with Gasteiger partial charge in [-0.25, -0.2) is 4.79 Å². The lowest BCUT2D eigenvalue weighted by atomic mass is 10.1. The maximum Gasteiger partial charge on any atom is 0.573 e. The lowest BCUT2D eigenvalue weighted by Gasteiger charge is -2.38. The van der Waals surface area contributed by atoms with Crippen LogP contribution in [0.3, 0.4) is 0 Å². The van der Waals surface area contributed by atoms with Gasteiger partial charge in [-0.05, 0) is 24.3 Å². The minimum atomic E-state index is -4.85. The van der Waals surface area contributed by atoms with Crippen molar-refractivity contribution in [3.63, 3.8) is 0 Å². The van der Waals surface area contributed by atoms with Gasteiger partial charge >= 0.3 is 18.6 Å².